The molecule has 3 rings (SSSR count). The molecule has 0 unspecified atom stereocenters. The first-order chi connectivity index (χ1) is 11.2. The van der Waals surface area contributed by atoms with Gasteiger partial charge in [0, 0.05) is 14.1 Å². The van der Waals surface area contributed by atoms with Crippen molar-refractivity contribution in [3.8, 4) is 0 Å². The van der Waals surface area contributed by atoms with E-state index in [0.29, 0.717) is 0 Å². The number of nitrogens with zero attached hydrogens (tertiary/aromatic N) is 4. The number of hydrogen-bond donors (Lipinski definition) is 0. The molecule has 2 aromatic rings. The first-order valence-corrected chi connectivity index (χ1v) is 8.73. The summed E-state index contributed by atoms with van der Waals surface area (Å²) in [5.74, 6) is 0. The van der Waals surface area contributed by atoms with Crippen molar-refractivity contribution in [1.82, 2.24) is 5.01 Å². The van der Waals surface area contributed by atoms with Gasteiger partial charge in [-0.3, -0.25) is 0 Å². The van der Waals surface area contributed by atoms with Crippen LogP contribution >= 0.6 is 23.5 Å². The van der Waals surface area contributed by atoms with E-state index in [0.717, 1.165) is 25.8 Å². The summed E-state index contributed by atoms with van der Waals surface area (Å²) in [4.78, 5) is 9.44. The van der Waals surface area contributed by atoms with E-state index in [2.05, 4.69) is 5.10 Å². The minimum absolute atomic E-state index is 0.880. The third kappa shape index (κ3) is 4.46. The summed E-state index contributed by atoms with van der Waals surface area (Å²) >= 11 is 3.10. The van der Waals surface area contributed by atoms with Crippen LogP contribution in [0.3, 0.4) is 0 Å². The molecule has 1 fully saturated rings. The van der Waals surface area contributed by atoms with Gasteiger partial charge >= 0.3 is 0 Å². The third-order valence-corrected chi connectivity index (χ3v) is 4.90. The van der Waals surface area contributed by atoms with E-state index in [9.17, 15) is 0 Å². The van der Waals surface area contributed by atoms with E-state index in [4.69, 9.17) is 9.98 Å². The van der Waals surface area contributed by atoms with Gasteiger partial charge in [0.25, 0.3) is 0 Å². The smallest absolute Gasteiger partial charge is 0.162 e. The van der Waals surface area contributed by atoms with Gasteiger partial charge in [-0.2, -0.15) is 5.10 Å². The lowest BCUT2D eigenvalue weighted by Gasteiger charge is -2.03. The lowest BCUT2D eigenvalue weighted by atomic mass is 10.3. The van der Waals surface area contributed by atoms with Crippen LogP contribution in [0.4, 0.5) is 11.4 Å². The molecule has 0 radical (unpaired) electrons. The Kier molecular flexibility index (Phi) is 5.15. The molecule has 0 bridgehead atoms. The van der Waals surface area contributed by atoms with Crippen LogP contribution in [0.15, 0.2) is 75.7 Å². The number of thioether (sulfide) groups is 2. The van der Waals surface area contributed by atoms with Gasteiger partial charge in [-0.25, -0.2) is 9.98 Å². The summed E-state index contributed by atoms with van der Waals surface area (Å²) in [6.07, 6.45) is 0. The van der Waals surface area contributed by atoms with E-state index in [-0.39, 0.29) is 0 Å². The maximum absolute atomic E-state index is 4.72. The molecule has 0 saturated carbocycles. The molecular weight excluding hydrogens is 324 g/mol. The standard InChI is InChI=1S/C17H16N4S2/c1-21(2)20-17-22-15(18-13-9-5-3-6-10-13)16(23-17)19-14-11-7-4-8-12-14/h3-12H,1-2H3. The van der Waals surface area contributed by atoms with Crippen LogP contribution in [0.2, 0.25) is 0 Å². The lowest BCUT2D eigenvalue weighted by molar-refractivity contribution is 0.441. The van der Waals surface area contributed by atoms with Crippen molar-refractivity contribution >= 4 is 49.4 Å². The summed E-state index contributed by atoms with van der Waals surface area (Å²) < 4.78 is 0.930. The van der Waals surface area contributed by atoms with E-state index < -0.39 is 0 Å². The summed E-state index contributed by atoms with van der Waals surface area (Å²) in [7, 11) is 3.82. The highest BCUT2D eigenvalue weighted by molar-refractivity contribution is 8.57. The Bertz CT molecular complexity index is 693. The second-order valence-electron chi connectivity index (χ2n) is 4.92. The number of hydrogen-bond acceptors (Lipinski definition) is 6. The SMILES string of the molecule is CN(C)N=C1SC(=Nc2ccccc2)C(=Nc2ccccc2)S1. The van der Waals surface area contributed by atoms with Crippen molar-refractivity contribution in [3.05, 3.63) is 60.7 Å². The van der Waals surface area contributed by atoms with E-state index >= 15 is 0 Å². The van der Waals surface area contributed by atoms with E-state index in [1.807, 2.05) is 74.8 Å². The summed E-state index contributed by atoms with van der Waals surface area (Å²) in [5.41, 5.74) is 1.84. The van der Waals surface area contributed by atoms with Gasteiger partial charge in [-0.1, -0.05) is 36.4 Å². The monoisotopic (exact) mass is 340 g/mol. The van der Waals surface area contributed by atoms with E-state index in [1.165, 1.54) is 0 Å². The van der Waals surface area contributed by atoms with Crippen LogP contribution in [-0.4, -0.2) is 33.6 Å². The Hall–Kier alpha value is -2.05. The molecule has 0 N–H and O–H groups in total. The van der Waals surface area contributed by atoms with Crippen molar-refractivity contribution in [2.45, 2.75) is 0 Å². The predicted molar refractivity (Wildman–Crippen MR) is 103 cm³/mol. The molecule has 23 heavy (non-hydrogen) atoms. The third-order valence-electron chi connectivity index (χ3n) is 2.81. The Labute approximate surface area is 144 Å². The molecule has 0 atom stereocenters. The van der Waals surface area contributed by atoms with Crippen molar-refractivity contribution in [3.63, 3.8) is 0 Å². The van der Waals surface area contributed by atoms with Crippen molar-refractivity contribution in [1.29, 1.82) is 0 Å². The van der Waals surface area contributed by atoms with Crippen LogP contribution in [0, 0.1) is 0 Å². The van der Waals surface area contributed by atoms with Gasteiger partial charge in [-0.05, 0) is 47.8 Å². The largest absolute Gasteiger partial charge is 0.302 e. The molecule has 1 aliphatic heterocycles. The minimum atomic E-state index is 0.880. The summed E-state index contributed by atoms with van der Waals surface area (Å²) in [6, 6.07) is 19.8. The molecule has 4 nitrogen and oxygen atoms in total. The molecule has 6 heteroatoms. The fourth-order valence-electron chi connectivity index (χ4n) is 1.86. The minimum Gasteiger partial charge on any atom is -0.302 e. The Balaban J connectivity index is 1.97. The van der Waals surface area contributed by atoms with Crippen LogP contribution in [0.1, 0.15) is 0 Å². The number of aliphatic imine (C=N–C) groups is 2. The Morgan fingerprint density at radius 1 is 0.696 bits per heavy atom. The number of hydrazone groups is 1. The van der Waals surface area contributed by atoms with Gasteiger partial charge in [0.2, 0.25) is 0 Å². The lowest BCUT2D eigenvalue weighted by Crippen LogP contribution is -2.03. The first kappa shape index (κ1) is 15.8. The molecule has 2 aromatic carbocycles. The molecule has 0 amide bonds. The molecule has 0 spiro atoms. The van der Waals surface area contributed by atoms with Gasteiger partial charge in [0.1, 0.15) is 10.1 Å². The first-order valence-electron chi connectivity index (χ1n) is 7.10. The van der Waals surface area contributed by atoms with Crippen LogP contribution in [-0.2, 0) is 0 Å². The van der Waals surface area contributed by atoms with Crippen molar-refractivity contribution in [2.24, 2.45) is 15.1 Å². The fourth-order valence-corrected chi connectivity index (χ4v) is 4.06. The topological polar surface area (TPSA) is 40.3 Å². The average Bonchev–Trinajstić information content (AvgIpc) is 2.89. The zero-order valence-corrected chi connectivity index (χ0v) is 14.5. The Morgan fingerprint density at radius 3 is 1.52 bits per heavy atom. The highest BCUT2D eigenvalue weighted by Gasteiger charge is 2.26. The van der Waals surface area contributed by atoms with Gasteiger partial charge in [0.05, 0.1) is 11.4 Å². The maximum Gasteiger partial charge on any atom is 0.162 e. The molecule has 1 heterocycles. The van der Waals surface area contributed by atoms with Crippen LogP contribution in [0.5, 0.6) is 0 Å². The zero-order valence-electron chi connectivity index (χ0n) is 12.9. The molecule has 0 aliphatic carbocycles. The molecule has 1 saturated heterocycles. The molecule has 116 valence electrons. The number of para-hydroxylation sites is 2. The predicted octanol–water partition coefficient (Wildman–Crippen LogP) is 4.76. The number of rotatable bonds is 3. The van der Waals surface area contributed by atoms with Crippen molar-refractivity contribution in [2.75, 3.05) is 14.1 Å². The van der Waals surface area contributed by atoms with Gasteiger partial charge < -0.3 is 5.01 Å². The van der Waals surface area contributed by atoms with Crippen LogP contribution < -0.4 is 0 Å². The molecule has 1 aliphatic rings. The van der Waals surface area contributed by atoms with Crippen molar-refractivity contribution < 1.29 is 0 Å². The second kappa shape index (κ2) is 7.48. The van der Waals surface area contributed by atoms with Gasteiger partial charge in [-0.15, -0.1) is 0 Å². The van der Waals surface area contributed by atoms with Gasteiger partial charge in [0.15, 0.2) is 4.38 Å². The average molecular weight is 340 g/mol. The Morgan fingerprint density at radius 2 is 1.13 bits per heavy atom. The van der Waals surface area contributed by atoms with E-state index in [1.54, 1.807) is 28.5 Å². The molecule has 0 aromatic heterocycles. The second-order valence-corrected chi connectivity index (χ2v) is 7.14. The maximum atomic E-state index is 4.72. The molecular formula is C17H16N4S2. The normalized spacial score (nSPS) is 17.7. The number of benzene rings is 2. The zero-order chi connectivity index (χ0) is 16.1. The van der Waals surface area contributed by atoms with Crippen LogP contribution in [0.25, 0.3) is 0 Å². The summed E-state index contributed by atoms with van der Waals surface area (Å²) in [5, 5.41) is 8.03. The highest BCUT2D eigenvalue weighted by Crippen LogP contribution is 2.35. The quantitative estimate of drug-likeness (QED) is 0.756. The highest BCUT2D eigenvalue weighted by atomic mass is 32.2. The fraction of sp³-hybridized carbons (Fsp3) is 0.118. The summed E-state index contributed by atoms with van der Waals surface area (Å²) in [6.45, 7) is 0.